The number of aliphatic carboxylic acids is 1. The second-order valence-electron chi connectivity index (χ2n) is 6.33. The zero-order valence-electron chi connectivity index (χ0n) is 13.0. The van der Waals surface area contributed by atoms with E-state index in [1.54, 1.807) is 22.0 Å². The molecule has 1 aliphatic carbocycles. The van der Waals surface area contributed by atoms with Crippen molar-refractivity contribution in [1.29, 1.82) is 0 Å². The van der Waals surface area contributed by atoms with Gasteiger partial charge in [0.2, 0.25) is 4.96 Å². The highest BCUT2D eigenvalue weighted by Crippen LogP contribution is 2.39. The van der Waals surface area contributed by atoms with E-state index < -0.39 is 5.97 Å². The number of nitrogens with zero attached hydrogens (tertiary/aromatic N) is 3. The van der Waals surface area contributed by atoms with E-state index in [2.05, 4.69) is 17.0 Å². The number of carboxylic acid groups (broad SMARTS) is 1. The summed E-state index contributed by atoms with van der Waals surface area (Å²) < 4.78 is 1.75. The van der Waals surface area contributed by atoms with Crippen molar-refractivity contribution < 1.29 is 9.90 Å². The van der Waals surface area contributed by atoms with E-state index >= 15 is 0 Å². The lowest BCUT2D eigenvalue weighted by Crippen LogP contribution is -2.13. The molecule has 0 amide bonds. The van der Waals surface area contributed by atoms with E-state index in [9.17, 15) is 4.79 Å². The Kier molecular flexibility index (Phi) is 4.76. The molecular formula is C16H23N3O2S. The number of hydrogen-bond donors (Lipinski definition) is 1. The number of hydrogen-bond acceptors (Lipinski definition) is 4. The average molecular weight is 321 g/mol. The van der Waals surface area contributed by atoms with Crippen molar-refractivity contribution in [3.8, 4) is 0 Å². The Morgan fingerprint density at radius 2 is 2.18 bits per heavy atom. The highest BCUT2D eigenvalue weighted by atomic mass is 32.1. The fourth-order valence-corrected chi connectivity index (χ4v) is 4.42. The van der Waals surface area contributed by atoms with Crippen molar-refractivity contribution in [2.75, 3.05) is 0 Å². The van der Waals surface area contributed by atoms with Crippen LogP contribution in [0.3, 0.4) is 0 Å². The molecule has 0 spiro atoms. The minimum absolute atomic E-state index is 0.0338. The molecule has 0 radical (unpaired) electrons. The molecule has 0 aromatic carbocycles. The summed E-state index contributed by atoms with van der Waals surface area (Å²) in [5, 5.41) is 14.6. The molecule has 5 nitrogen and oxygen atoms in total. The summed E-state index contributed by atoms with van der Waals surface area (Å²) in [7, 11) is 0. The first-order valence-corrected chi connectivity index (χ1v) is 9.04. The van der Waals surface area contributed by atoms with Gasteiger partial charge in [0.1, 0.15) is 5.01 Å². The third kappa shape index (κ3) is 3.48. The second-order valence-corrected chi connectivity index (χ2v) is 7.32. The van der Waals surface area contributed by atoms with Crippen LogP contribution in [0, 0.1) is 5.92 Å². The lowest BCUT2D eigenvalue weighted by atomic mass is 9.80. The fourth-order valence-electron chi connectivity index (χ4n) is 3.36. The normalized spacial score (nSPS) is 22.2. The number of fused-ring (bicyclic) bond motifs is 1. The zero-order valence-corrected chi connectivity index (χ0v) is 13.8. The van der Waals surface area contributed by atoms with Gasteiger partial charge < -0.3 is 5.11 Å². The first kappa shape index (κ1) is 15.5. The summed E-state index contributed by atoms with van der Waals surface area (Å²) in [6.45, 7) is 2.26. The molecule has 6 heteroatoms. The SMILES string of the molecule is CCCCC1CCC(c2nn3cc(CC(=O)O)nc3s2)CC1. The third-order valence-electron chi connectivity index (χ3n) is 4.60. The Morgan fingerprint density at radius 1 is 1.41 bits per heavy atom. The molecule has 1 fully saturated rings. The number of carbonyl (C=O) groups is 1. The van der Waals surface area contributed by atoms with Crippen LogP contribution >= 0.6 is 11.3 Å². The van der Waals surface area contributed by atoms with E-state index in [1.807, 2.05) is 0 Å². The monoisotopic (exact) mass is 321 g/mol. The van der Waals surface area contributed by atoms with Crippen LogP contribution in [0.2, 0.25) is 0 Å². The van der Waals surface area contributed by atoms with Gasteiger partial charge in [-0.05, 0) is 31.6 Å². The van der Waals surface area contributed by atoms with Crippen molar-refractivity contribution in [3.05, 3.63) is 16.9 Å². The molecule has 0 saturated heterocycles. The molecule has 22 heavy (non-hydrogen) atoms. The molecule has 0 atom stereocenters. The van der Waals surface area contributed by atoms with E-state index in [0.717, 1.165) is 10.9 Å². The molecule has 2 aromatic heterocycles. The lowest BCUT2D eigenvalue weighted by molar-refractivity contribution is -0.136. The average Bonchev–Trinajstić information content (AvgIpc) is 3.03. The summed E-state index contributed by atoms with van der Waals surface area (Å²) in [6.07, 6.45) is 10.8. The second kappa shape index (κ2) is 6.77. The van der Waals surface area contributed by atoms with Gasteiger partial charge in [-0.1, -0.05) is 37.5 Å². The molecule has 1 N–H and O–H groups in total. The number of unbranched alkanes of at least 4 members (excludes halogenated alkanes) is 1. The Morgan fingerprint density at radius 3 is 2.82 bits per heavy atom. The number of carboxylic acids is 1. The van der Waals surface area contributed by atoms with E-state index in [-0.39, 0.29) is 6.42 Å². The molecule has 2 aromatic rings. The van der Waals surface area contributed by atoms with Crippen molar-refractivity contribution in [2.24, 2.45) is 5.92 Å². The van der Waals surface area contributed by atoms with Crippen LogP contribution in [0.1, 0.15) is 68.5 Å². The molecule has 0 aliphatic heterocycles. The van der Waals surface area contributed by atoms with Gasteiger partial charge in [-0.2, -0.15) is 5.10 Å². The maximum absolute atomic E-state index is 10.7. The van der Waals surface area contributed by atoms with Gasteiger partial charge >= 0.3 is 5.97 Å². The maximum Gasteiger partial charge on any atom is 0.309 e. The Labute approximate surface area is 134 Å². The topological polar surface area (TPSA) is 67.5 Å². The predicted molar refractivity (Wildman–Crippen MR) is 86.4 cm³/mol. The molecule has 1 saturated carbocycles. The quantitative estimate of drug-likeness (QED) is 0.876. The molecule has 120 valence electrons. The molecule has 3 rings (SSSR count). The Balaban J connectivity index is 1.62. The number of aromatic nitrogens is 3. The minimum atomic E-state index is -0.851. The molecule has 0 bridgehead atoms. The van der Waals surface area contributed by atoms with Crippen molar-refractivity contribution in [1.82, 2.24) is 14.6 Å². The van der Waals surface area contributed by atoms with Crippen LogP contribution in [-0.2, 0) is 11.2 Å². The predicted octanol–water partition coefficient (Wildman–Crippen LogP) is 3.88. The largest absolute Gasteiger partial charge is 0.481 e. The zero-order chi connectivity index (χ0) is 15.5. The van der Waals surface area contributed by atoms with Crippen molar-refractivity contribution in [3.63, 3.8) is 0 Å². The van der Waals surface area contributed by atoms with Gasteiger partial charge in [0.05, 0.1) is 18.3 Å². The van der Waals surface area contributed by atoms with E-state index in [1.165, 1.54) is 50.0 Å². The molecule has 0 unspecified atom stereocenters. The lowest BCUT2D eigenvalue weighted by Gasteiger charge is -2.26. The van der Waals surface area contributed by atoms with Crippen molar-refractivity contribution in [2.45, 2.75) is 64.2 Å². The van der Waals surface area contributed by atoms with E-state index in [4.69, 9.17) is 5.11 Å². The van der Waals surface area contributed by atoms with Gasteiger partial charge in [-0.25, -0.2) is 9.50 Å². The van der Waals surface area contributed by atoms with Gasteiger partial charge in [0.25, 0.3) is 0 Å². The van der Waals surface area contributed by atoms with Crippen LogP contribution in [0.4, 0.5) is 0 Å². The first-order chi connectivity index (χ1) is 10.7. The summed E-state index contributed by atoms with van der Waals surface area (Å²) >= 11 is 1.62. The number of rotatable bonds is 6. The van der Waals surface area contributed by atoms with Crippen LogP contribution < -0.4 is 0 Å². The standard InChI is InChI=1S/C16H23N3O2S/c1-2-3-4-11-5-7-12(8-6-11)15-18-19-10-13(9-14(20)21)17-16(19)22-15/h10-12H,2-9H2,1H3,(H,20,21). The van der Waals surface area contributed by atoms with Crippen LogP contribution in [0.5, 0.6) is 0 Å². The summed E-state index contributed by atoms with van der Waals surface area (Å²) in [5.74, 6) is 0.617. The maximum atomic E-state index is 10.7. The highest BCUT2D eigenvalue weighted by molar-refractivity contribution is 7.16. The van der Waals surface area contributed by atoms with Gasteiger partial charge in [-0.15, -0.1) is 0 Å². The van der Waals surface area contributed by atoms with Gasteiger partial charge in [-0.3, -0.25) is 4.79 Å². The number of imidazole rings is 1. The molecule has 1 aliphatic rings. The molecule has 2 heterocycles. The summed E-state index contributed by atoms with van der Waals surface area (Å²) in [5.41, 5.74) is 0.584. The fraction of sp³-hybridized carbons (Fsp3) is 0.688. The summed E-state index contributed by atoms with van der Waals surface area (Å²) in [4.78, 5) is 15.9. The van der Waals surface area contributed by atoms with Gasteiger partial charge in [0, 0.05) is 5.92 Å². The van der Waals surface area contributed by atoms with Crippen molar-refractivity contribution >= 4 is 22.3 Å². The molecular weight excluding hydrogens is 298 g/mol. The van der Waals surface area contributed by atoms with Crippen LogP contribution in [0.25, 0.3) is 4.96 Å². The van der Waals surface area contributed by atoms with Crippen LogP contribution in [-0.4, -0.2) is 25.7 Å². The Bertz CT molecular complexity index is 609. The minimum Gasteiger partial charge on any atom is -0.481 e. The summed E-state index contributed by atoms with van der Waals surface area (Å²) in [6, 6.07) is 0. The Hall–Kier alpha value is -1.43. The first-order valence-electron chi connectivity index (χ1n) is 8.22. The highest BCUT2D eigenvalue weighted by Gasteiger charge is 2.25. The smallest absolute Gasteiger partial charge is 0.309 e. The van der Waals surface area contributed by atoms with Gasteiger partial charge in [0.15, 0.2) is 0 Å². The third-order valence-corrected chi connectivity index (χ3v) is 5.69. The van der Waals surface area contributed by atoms with Crippen LogP contribution in [0.15, 0.2) is 6.20 Å². The van der Waals surface area contributed by atoms with E-state index in [0.29, 0.717) is 11.6 Å².